The fourth-order valence-corrected chi connectivity index (χ4v) is 4.18. The molecule has 0 aliphatic carbocycles. The average Bonchev–Trinajstić information content (AvgIpc) is 3.40. The van der Waals surface area contributed by atoms with Gasteiger partial charge in [-0.2, -0.15) is 5.10 Å². The number of aromatic hydroxyl groups is 1. The third-order valence-corrected chi connectivity index (χ3v) is 6.05. The van der Waals surface area contributed by atoms with Gasteiger partial charge in [-0.15, -0.1) is 0 Å². The number of hydrogen-bond acceptors (Lipinski definition) is 6. The molecule has 188 valence electrons. The van der Waals surface area contributed by atoms with Crippen LogP contribution in [-0.4, -0.2) is 32.7 Å². The molecule has 8 nitrogen and oxygen atoms in total. The molecule has 1 aromatic heterocycles. The highest BCUT2D eigenvalue weighted by Crippen LogP contribution is 2.36. The van der Waals surface area contributed by atoms with Crippen molar-refractivity contribution >= 4 is 29.0 Å². The smallest absolute Gasteiger partial charge is 0.344 e. The second-order valence-electron chi connectivity index (χ2n) is 8.64. The van der Waals surface area contributed by atoms with E-state index in [1.165, 1.54) is 5.01 Å². The molecular formula is C30H26N6O2. The molecule has 38 heavy (non-hydrogen) atoms. The molecule has 3 aromatic carbocycles. The maximum Gasteiger partial charge on any atom is 0.344 e. The van der Waals surface area contributed by atoms with Crippen molar-refractivity contribution in [2.75, 3.05) is 0 Å². The molecule has 2 heterocycles. The highest BCUT2D eigenvalue weighted by molar-refractivity contribution is 6.09. The van der Waals surface area contributed by atoms with E-state index < -0.39 is 12.1 Å². The van der Waals surface area contributed by atoms with E-state index in [2.05, 4.69) is 20.4 Å². The summed E-state index contributed by atoms with van der Waals surface area (Å²) in [6.07, 6.45) is 5.41. The Morgan fingerprint density at radius 3 is 2.39 bits per heavy atom. The molecule has 2 amide bonds. The van der Waals surface area contributed by atoms with Crippen LogP contribution in [0.5, 0.6) is 5.75 Å². The van der Waals surface area contributed by atoms with Crippen molar-refractivity contribution in [1.29, 1.82) is 0 Å². The van der Waals surface area contributed by atoms with Crippen LogP contribution in [0.15, 0.2) is 126 Å². The monoisotopic (exact) mass is 502 g/mol. The molecule has 0 fully saturated rings. The van der Waals surface area contributed by atoms with Crippen molar-refractivity contribution in [2.45, 2.75) is 12.5 Å². The van der Waals surface area contributed by atoms with Gasteiger partial charge in [0, 0.05) is 41.7 Å². The maximum atomic E-state index is 13.7. The molecule has 0 spiro atoms. The van der Waals surface area contributed by atoms with Gasteiger partial charge in [-0.05, 0) is 29.8 Å². The number of nitrogens with two attached hydrogens (primary N) is 1. The number of hydrazone groups is 1. The second-order valence-corrected chi connectivity index (χ2v) is 8.64. The summed E-state index contributed by atoms with van der Waals surface area (Å²) < 4.78 is 0. The topological polar surface area (TPSA) is 116 Å². The predicted octanol–water partition coefficient (Wildman–Crippen LogP) is 5.38. The number of hydrogen-bond donors (Lipinski definition) is 3. The first-order chi connectivity index (χ1) is 18.6. The Labute approximate surface area is 220 Å². The quantitative estimate of drug-likeness (QED) is 0.251. The van der Waals surface area contributed by atoms with E-state index >= 15 is 0 Å². The van der Waals surface area contributed by atoms with Crippen LogP contribution in [0.2, 0.25) is 0 Å². The maximum absolute atomic E-state index is 13.7. The summed E-state index contributed by atoms with van der Waals surface area (Å²) in [7, 11) is 0. The third-order valence-electron chi connectivity index (χ3n) is 6.05. The van der Waals surface area contributed by atoms with E-state index in [4.69, 9.17) is 5.73 Å². The zero-order valence-electron chi connectivity index (χ0n) is 20.5. The van der Waals surface area contributed by atoms with E-state index in [-0.39, 0.29) is 11.6 Å². The molecule has 0 saturated carbocycles. The summed E-state index contributed by atoms with van der Waals surface area (Å²) >= 11 is 0. The van der Waals surface area contributed by atoms with Gasteiger partial charge in [-0.3, -0.25) is 10.3 Å². The number of nitrogens with zero attached hydrogens (tertiary/aromatic N) is 4. The van der Waals surface area contributed by atoms with Gasteiger partial charge >= 0.3 is 6.03 Å². The minimum Gasteiger partial charge on any atom is -0.508 e. The van der Waals surface area contributed by atoms with Gasteiger partial charge in [-0.25, -0.2) is 14.8 Å². The first kappa shape index (κ1) is 24.5. The molecule has 1 atom stereocenters. The summed E-state index contributed by atoms with van der Waals surface area (Å²) in [4.78, 5) is 22.5. The molecule has 1 unspecified atom stereocenters. The predicted molar refractivity (Wildman–Crippen MR) is 149 cm³/mol. The van der Waals surface area contributed by atoms with Crippen molar-refractivity contribution in [3.63, 3.8) is 0 Å². The first-order valence-electron chi connectivity index (χ1n) is 12.1. The summed E-state index contributed by atoms with van der Waals surface area (Å²) in [5.74, 6) is 0.341. The number of carbonyl (C=O) groups is 1. The van der Waals surface area contributed by atoms with E-state index in [9.17, 15) is 9.90 Å². The number of carbonyl (C=O) groups excluding carboxylic acids is 1. The summed E-state index contributed by atoms with van der Waals surface area (Å²) in [6, 6.07) is 28.3. The number of rotatable bonds is 5. The zero-order valence-corrected chi connectivity index (χ0v) is 20.5. The van der Waals surface area contributed by atoms with Crippen LogP contribution in [0, 0.1) is 0 Å². The number of para-hydroxylation sites is 2. The van der Waals surface area contributed by atoms with Crippen molar-refractivity contribution < 1.29 is 9.90 Å². The van der Waals surface area contributed by atoms with Gasteiger partial charge in [-0.1, -0.05) is 72.8 Å². The number of aliphatic imine (C=N–C) groups is 1. The highest BCUT2D eigenvalue weighted by Gasteiger charge is 2.35. The van der Waals surface area contributed by atoms with Crippen LogP contribution in [0.3, 0.4) is 0 Å². The average molecular weight is 503 g/mol. The Bertz CT molecular complexity index is 1500. The molecule has 0 radical (unpaired) electrons. The normalized spacial score (nSPS) is 15.7. The lowest BCUT2D eigenvalue weighted by Crippen LogP contribution is -2.40. The Morgan fingerprint density at radius 1 is 0.974 bits per heavy atom. The van der Waals surface area contributed by atoms with E-state index in [0.29, 0.717) is 29.1 Å². The van der Waals surface area contributed by atoms with Crippen molar-refractivity contribution in [2.24, 2.45) is 15.8 Å². The van der Waals surface area contributed by atoms with E-state index in [1.54, 1.807) is 36.7 Å². The molecule has 0 saturated heterocycles. The fourth-order valence-electron chi connectivity index (χ4n) is 4.18. The number of nitrogens with one attached hydrogen (secondary N) is 1. The van der Waals surface area contributed by atoms with Gasteiger partial charge in [0.25, 0.3) is 0 Å². The van der Waals surface area contributed by atoms with Crippen LogP contribution in [0.1, 0.15) is 29.2 Å². The Hall–Kier alpha value is -5.24. The number of phenols is 1. The second kappa shape index (κ2) is 11.2. The molecule has 0 bridgehead atoms. The zero-order chi connectivity index (χ0) is 26.3. The van der Waals surface area contributed by atoms with Crippen molar-refractivity contribution in [1.82, 2.24) is 15.3 Å². The number of benzene rings is 3. The molecule has 4 N–H and O–H groups in total. The van der Waals surface area contributed by atoms with Crippen molar-refractivity contribution in [3.05, 3.63) is 132 Å². The van der Waals surface area contributed by atoms with Gasteiger partial charge in [0.15, 0.2) is 0 Å². The molecule has 5 rings (SSSR count). The van der Waals surface area contributed by atoms with Gasteiger partial charge in [0.2, 0.25) is 0 Å². The number of amidine groups is 1. The van der Waals surface area contributed by atoms with E-state index in [0.717, 1.165) is 11.1 Å². The lowest BCUT2D eigenvalue weighted by Gasteiger charge is -2.23. The number of pyridine rings is 1. The summed E-state index contributed by atoms with van der Waals surface area (Å²) in [6.45, 7) is 0. The lowest BCUT2D eigenvalue weighted by molar-refractivity contribution is 0.190. The highest BCUT2D eigenvalue weighted by atomic mass is 16.3. The molecule has 4 aromatic rings. The van der Waals surface area contributed by atoms with Crippen molar-refractivity contribution in [3.8, 4) is 5.75 Å². The minimum absolute atomic E-state index is 0.0873. The fraction of sp³-hybridized carbons (Fsp3) is 0.0667. The largest absolute Gasteiger partial charge is 0.508 e. The van der Waals surface area contributed by atoms with Gasteiger partial charge in [0.1, 0.15) is 11.6 Å². The molecule has 1 aliphatic rings. The molecule has 8 heteroatoms. The van der Waals surface area contributed by atoms with Crippen LogP contribution < -0.4 is 11.1 Å². The third kappa shape index (κ3) is 5.60. The summed E-state index contributed by atoms with van der Waals surface area (Å²) in [5.41, 5.74) is 10.3. The van der Waals surface area contributed by atoms with Crippen LogP contribution in [-0.2, 0) is 0 Å². The molecule has 1 aliphatic heterocycles. The van der Waals surface area contributed by atoms with Crippen LogP contribution in [0.25, 0.3) is 5.70 Å². The van der Waals surface area contributed by atoms with Gasteiger partial charge in [0.05, 0.1) is 17.4 Å². The van der Waals surface area contributed by atoms with Crippen LogP contribution in [0.4, 0.5) is 10.5 Å². The van der Waals surface area contributed by atoms with Crippen LogP contribution >= 0.6 is 0 Å². The number of aromatic nitrogens is 1. The van der Waals surface area contributed by atoms with Gasteiger partial charge < -0.3 is 10.8 Å². The summed E-state index contributed by atoms with van der Waals surface area (Å²) in [5, 5.41) is 19.4. The number of urea groups is 1. The number of phenolic OH excluding ortho intramolecular Hbond substituents is 1. The minimum atomic E-state index is -0.528. The Balaban J connectivity index is 1.50. The molecular weight excluding hydrogens is 476 g/mol. The lowest BCUT2D eigenvalue weighted by atomic mass is 9.98. The number of amides is 2. The Kier molecular flexibility index (Phi) is 7.22. The Morgan fingerprint density at radius 2 is 1.68 bits per heavy atom. The SMILES string of the molecule is NC(=CC(=Nc1ccccc1)NC(=O)N1N=C(c2cccnc2)CC1c1ccccc1O)c1ccccc1. The standard InChI is InChI=1S/C30H26N6O2/c31-25(21-10-3-1-4-11-21)18-29(33-23-13-5-2-6-14-23)34-30(38)36-27(24-15-7-8-16-28(24)37)19-26(35-36)22-12-9-17-32-20-22/h1-18,20,27,37H,19,31H2,(H,33,34,38). The first-order valence-corrected chi connectivity index (χ1v) is 12.1. The van der Waals surface area contributed by atoms with E-state index in [1.807, 2.05) is 78.9 Å².